The molecule has 1 aromatic heterocycles. The lowest BCUT2D eigenvalue weighted by atomic mass is 10.3. The lowest BCUT2D eigenvalue weighted by Gasteiger charge is -2.20. The van der Waals surface area contributed by atoms with Crippen molar-refractivity contribution in [1.82, 2.24) is 15.6 Å². The van der Waals surface area contributed by atoms with Gasteiger partial charge in [0.25, 0.3) is 0 Å². The Labute approximate surface area is 165 Å². The zero-order valence-corrected chi connectivity index (χ0v) is 17.4. The molecule has 1 atom stereocenters. The first kappa shape index (κ1) is 21.3. The zero-order chi connectivity index (χ0) is 16.5. The van der Waals surface area contributed by atoms with Gasteiger partial charge < -0.3 is 15.5 Å². The number of hydrogen-bond acceptors (Lipinski definition) is 4. The van der Waals surface area contributed by atoms with Crippen LogP contribution in [0.2, 0.25) is 0 Å². The van der Waals surface area contributed by atoms with Crippen LogP contribution >= 0.6 is 35.7 Å². The second-order valence-corrected chi connectivity index (χ2v) is 6.57. The van der Waals surface area contributed by atoms with Gasteiger partial charge in [0.1, 0.15) is 0 Å². The maximum Gasteiger partial charge on any atom is 0.191 e. The van der Waals surface area contributed by atoms with Crippen LogP contribution in [-0.4, -0.2) is 55.7 Å². The second kappa shape index (κ2) is 11.7. The molecule has 1 saturated heterocycles. The first-order valence-electron chi connectivity index (χ1n) is 8.06. The summed E-state index contributed by atoms with van der Waals surface area (Å²) in [5, 5.41) is 6.76. The smallest absolute Gasteiger partial charge is 0.191 e. The number of aliphatic imine (C=N–C) groups is 1. The highest BCUT2D eigenvalue weighted by molar-refractivity contribution is 14.0. The lowest BCUT2D eigenvalue weighted by molar-refractivity contribution is 0.612. The Bertz CT molecular complexity index is 517. The Balaban J connectivity index is 0.00000288. The Morgan fingerprint density at radius 2 is 2.33 bits per heavy atom. The topological polar surface area (TPSA) is 52.6 Å². The third-order valence-electron chi connectivity index (χ3n) is 3.86. The van der Waals surface area contributed by atoms with Gasteiger partial charge in [-0.2, -0.15) is 11.8 Å². The van der Waals surface area contributed by atoms with Gasteiger partial charge in [0.2, 0.25) is 0 Å². The molecule has 2 N–H and O–H groups in total. The van der Waals surface area contributed by atoms with E-state index in [1.54, 1.807) is 19.3 Å². The molecule has 1 aliphatic heterocycles. The van der Waals surface area contributed by atoms with Crippen LogP contribution in [-0.2, 0) is 0 Å². The van der Waals surface area contributed by atoms with Crippen molar-refractivity contribution in [3.8, 4) is 0 Å². The van der Waals surface area contributed by atoms with Crippen molar-refractivity contribution >= 4 is 47.5 Å². The number of rotatable bonds is 7. The Morgan fingerprint density at radius 3 is 3.04 bits per heavy atom. The molecule has 0 aromatic carbocycles. The fourth-order valence-corrected chi connectivity index (χ4v) is 3.14. The molecule has 0 aliphatic carbocycles. The number of aromatic nitrogens is 1. The summed E-state index contributed by atoms with van der Waals surface area (Å²) in [5.74, 6) is 2.20. The lowest BCUT2D eigenvalue weighted by Crippen LogP contribution is -2.45. The van der Waals surface area contributed by atoms with Crippen LogP contribution in [0, 0.1) is 5.82 Å². The summed E-state index contributed by atoms with van der Waals surface area (Å²) in [6, 6.07) is 3.33. The molecule has 2 heterocycles. The Hall–Kier alpha value is -0.770. The fourth-order valence-electron chi connectivity index (χ4n) is 2.65. The van der Waals surface area contributed by atoms with Crippen molar-refractivity contribution in [2.24, 2.45) is 4.99 Å². The molecule has 0 amide bonds. The molecule has 0 saturated carbocycles. The molecular weight excluding hydrogens is 440 g/mol. The van der Waals surface area contributed by atoms with Crippen molar-refractivity contribution in [3.63, 3.8) is 0 Å². The summed E-state index contributed by atoms with van der Waals surface area (Å²) >= 11 is 1.88. The zero-order valence-electron chi connectivity index (χ0n) is 14.3. The number of unbranched alkanes of at least 4 members (excludes halogenated alkanes) is 1. The van der Waals surface area contributed by atoms with Gasteiger partial charge >= 0.3 is 0 Å². The van der Waals surface area contributed by atoms with Crippen LogP contribution in [0.25, 0.3) is 0 Å². The van der Waals surface area contributed by atoms with E-state index in [0.717, 1.165) is 38.4 Å². The van der Waals surface area contributed by atoms with Crippen molar-refractivity contribution in [2.45, 2.75) is 25.3 Å². The minimum atomic E-state index is -0.260. The molecule has 24 heavy (non-hydrogen) atoms. The second-order valence-electron chi connectivity index (χ2n) is 5.58. The minimum absolute atomic E-state index is 0. The van der Waals surface area contributed by atoms with E-state index in [4.69, 9.17) is 0 Å². The monoisotopic (exact) mass is 467 g/mol. The van der Waals surface area contributed by atoms with E-state index in [-0.39, 0.29) is 35.8 Å². The molecule has 0 bridgehead atoms. The van der Waals surface area contributed by atoms with E-state index in [1.807, 2.05) is 16.7 Å². The third kappa shape index (κ3) is 6.62. The van der Waals surface area contributed by atoms with Gasteiger partial charge in [0, 0.05) is 38.9 Å². The van der Waals surface area contributed by atoms with E-state index >= 15 is 0 Å². The average molecular weight is 467 g/mol. The number of pyridine rings is 1. The number of thioether (sulfide) groups is 1. The molecule has 1 fully saturated rings. The van der Waals surface area contributed by atoms with E-state index in [1.165, 1.54) is 18.2 Å². The third-order valence-corrected chi connectivity index (χ3v) is 4.56. The maximum absolute atomic E-state index is 13.8. The summed E-state index contributed by atoms with van der Waals surface area (Å²) in [4.78, 5) is 10.4. The van der Waals surface area contributed by atoms with Gasteiger partial charge in [-0.15, -0.1) is 24.0 Å². The van der Waals surface area contributed by atoms with Crippen LogP contribution in [0.4, 0.5) is 10.2 Å². The first-order valence-corrected chi connectivity index (χ1v) is 9.45. The van der Waals surface area contributed by atoms with Gasteiger partial charge in [-0.25, -0.2) is 9.37 Å². The molecule has 5 nitrogen and oxygen atoms in total. The van der Waals surface area contributed by atoms with E-state index in [9.17, 15) is 4.39 Å². The van der Waals surface area contributed by atoms with Crippen molar-refractivity contribution in [2.75, 3.05) is 43.6 Å². The highest BCUT2D eigenvalue weighted by Crippen LogP contribution is 2.20. The van der Waals surface area contributed by atoms with E-state index in [2.05, 4.69) is 26.9 Å². The van der Waals surface area contributed by atoms with Gasteiger partial charge in [0.15, 0.2) is 17.6 Å². The largest absolute Gasteiger partial charge is 0.356 e. The molecule has 1 aliphatic rings. The number of nitrogens with one attached hydrogen (secondary N) is 2. The molecule has 2 rings (SSSR count). The van der Waals surface area contributed by atoms with Gasteiger partial charge in [-0.05, 0) is 43.4 Å². The highest BCUT2D eigenvalue weighted by atomic mass is 127. The van der Waals surface area contributed by atoms with Crippen LogP contribution < -0.4 is 15.5 Å². The molecule has 0 radical (unpaired) electrons. The van der Waals surface area contributed by atoms with E-state index in [0.29, 0.717) is 5.82 Å². The fraction of sp³-hybridized carbons (Fsp3) is 0.625. The normalized spacial score (nSPS) is 17.5. The van der Waals surface area contributed by atoms with Crippen LogP contribution in [0.1, 0.15) is 19.3 Å². The maximum atomic E-state index is 13.8. The predicted molar refractivity (Wildman–Crippen MR) is 112 cm³/mol. The molecular formula is C16H27FIN5S. The number of halogens is 2. The summed E-state index contributed by atoms with van der Waals surface area (Å²) in [5.41, 5.74) is 0. The quantitative estimate of drug-likeness (QED) is 0.280. The predicted octanol–water partition coefficient (Wildman–Crippen LogP) is 2.73. The van der Waals surface area contributed by atoms with Gasteiger partial charge in [-0.3, -0.25) is 4.99 Å². The standard InChI is InChI=1S/C16H26FN5S.HI/c1-18-16(20-8-3-4-11-23-2)21-13-7-10-22(12-13)15-14(17)6-5-9-19-15;/h5-6,9,13H,3-4,7-8,10-12H2,1-2H3,(H2,18,20,21);1H. The molecule has 8 heteroatoms. The van der Waals surface area contributed by atoms with Crippen molar-refractivity contribution < 1.29 is 4.39 Å². The van der Waals surface area contributed by atoms with Crippen molar-refractivity contribution in [1.29, 1.82) is 0 Å². The van der Waals surface area contributed by atoms with Crippen molar-refractivity contribution in [3.05, 3.63) is 24.1 Å². The average Bonchev–Trinajstić information content (AvgIpc) is 3.02. The first-order chi connectivity index (χ1) is 11.2. The number of hydrogen-bond donors (Lipinski definition) is 2. The minimum Gasteiger partial charge on any atom is -0.356 e. The summed E-state index contributed by atoms with van der Waals surface area (Å²) in [7, 11) is 1.78. The SMILES string of the molecule is CN=C(NCCCCSC)NC1CCN(c2ncccc2F)C1.I. The highest BCUT2D eigenvalue weighted by Gasteiger charge is 2.25. The van der Waals surface area contributed by atoms with Crippen LogP contribution in [0.15, 0.2) is 23.3 Å². The molecule has 1 aromatic rings. The summed E-state index contributed by atoms with van der Waals surface area (Å²) < 4.78 is 13.8. The molecule has 136 valence electrons. The summed E-state index contributed by atoms with van der Waals surface area (Å²) in [6.45, 7) is 2.46. The Kier molecular flexibility index (Phi) is 10.4. The number of guanidine groups is 1. The van der Waals surface area contributed by atoms with Gasteiger partial charge in [-0.1, -0.05) is 0 Å². The van der Waals surface area contributed by atoms with E-state index < -0.39 is 0 Å². The Morgan fingerprint density at radius 1 is 1.50 bits per heavy atom. The van der Waals surface area contributed by atoms with Gasteiger partial charge in [0.05, 0.1) is 0 Å². The summed E-state index contributed by atoms with van der Waals surface area (Å²) in [6.07, 6.45) is 7.06. The number of nitrogens with zero attached hydrogens (tertiary/aromatic N) is 3. The molecule has 1 unspecified atom stereocenters. The van der Waals surface area contributed by atoms with Crippen LogP contribution in [0.3, 0.4) is 0 Å². The molecule has 0 spiro atoms. The number of anilines is 1. The van der Waals surface area contributed by atoms with Crippen LogP contribution in [0.5, 0.6) is 0 Å².